The Balaban J connectivity index is 0.00000220. The summed E-state index contributed by atoms with van der Waals surface area (Å²) >= 11 is 6.15. The van der Waals surface area contributed by atoms with Crippen molar-refractivity contribution in [3.63, 3.8) is 0 Å². The monoisotopic (exact) mass is 328 g/mol. The van der Waals surface area contributed by atoms with E-state index in [2.05, 4.69) is 20.8 Å². The van der Waals surface area contributed by atoms with Crippen LogP contribution in [0.5, 0.6) is 0 Å². The summed E-state index contributed by atoms with van der Waals surface area (Å²) in [5, 5.41) is 13.4. The van der Waals surface area contributed by atoms with E-state index in [1.54, 1.807) is 6.07 Å². The third kappa shape index (κ3) is 4.46. The number of halogens is 2. The maximum atomic E-state index is 12.1. The van der Waals surface area contributed by atoms with Gasteiger partial charge >= 0.3 is 0 Å². The molecule has 3 N–H and O–H groups in total. The molecule has 1 aromatic carbocycles. The number of benzene rings is 1. The Morgan fingerprint density at radius 2 is 2.10 bits per heavy atom. The van der Waals surface area contributed by atoms with Crippen LogP contribution in [-0.4, -0.2) is 35.7 Å². The summed E-state index contributed by atoms with van der Waals surface area (Å²) < 4.78 is 0. The summed E-state index contributed by atoms with van der Waals surface area (Å²) in [5.74, 6) is -0.161. The number of rotatable bonds is 6. The van der Waals surface area contributed by atoms with Crippen molar-refractivity contribution in [2.45, 2.75) is 6.92 Å². The third-order valence-electron chi connectivity index (χ3n) is 2.86. The SMILES string of the molecule is CCNCCNC(=O)c1cn[nH]c1-c1ccccc1Cl.Cl. The van der Waals surface area contributed by atoms with E-state index >= 15 is 0 Å². The molecule has 2 aromatic rings. The summed E-state index contributed by atoms with van der Waals surface area (Å²) in [5.41, 5.74) is 1.90. The summed E-state index contributed by atoms with van der Waals surface area (Å²) in [6.45, 7) is 4.21. The van der Waals surface area contributed by atoms with Crippen LogP contribution < -0.4 is 10.6 Å². The second-order valence-corrected chi connectivity index (χ2v) is 4.66. The van der Waals surface area contributed by atoms with Crippen molar-refractivity contribution in [1.82, 2.24) is 20.8 Å². The van der Waals surface area contributed by atoms with Gasteiger partial charge < -0.3 is 10.6 Å². The normalized spacial score (nSPS) is 10.0. The van der Waals surface area contributed by atoms with E-state index in [4.69, 9.17) is 11.6 Å². The lowest BCUT2D eigenvalue weighted by molar-refractivity contribution is 0.0954. The van der Waals surface area contributed by atoms with Gasteiger partial charge in [0.05, 0.1) is 17.5 Å². The van der Waals surface area contributed by atoms with Crippen LogP contribution in [0.25, 0.3) is 11.3 Å². The van der Waals surface area contributed by atoms with Crippen LogP contribution in [0.1, 0.15) is 17.3 Å². The number of H-pyrrole nitrogens is 1. The quantitative estimate of drug-likeness (QED) is 0.713. The van der Waals surface area contributed by atoms with Crippen LogP contribution >= 0.6 is 24.0 Å². The van der Waals surface area contributed by atoms with Crippen molar-refractivity contribution >= 4 is 29.9 Å². The zero-order valence-electron chi connectivity index (χ0n) is 11.6. The summed E-state index contributed by atoms with van der Waals surface area (Å²) in [4.78, 5) is 12.1. The smallest absolute Gasteiger partial charge is 0.255 e. The predicted molar refractivity (Wildman–Crippen MR) is 87.2 cm³/mol. The molecule has 0 saturated carbocycles. The molecule has 5 nitrogen and oxygen atoms in total. The van der Waals surface area contributed by atoms with Crippen molar-refractivity contribution in [2.75, 3.05) is 19.6 Å². The topological polar surface area (TPSA) is 69.8 Å². The van der Waals surface area contributed by atoms with Gasteiger partial charge in [0, 0.05) is 23.7 Å². The number of aromatic amines is 1. The highest BCUT2D eigenvalue weighted by Crippen LogP contribution is 2.28. The Morgan fingerprint density at radius 1 is 1.33 bits per heavy atom. The fourth-order valence-corrected chi connectivity index (χ4v) is 2.09. The zero-order chi connectivity index (χ0) is 14.4. The standard InChI is InChI=1S/C14H17ClN4O.ClH/c1-2-16-7-8-17-14(20)11-9-18-19-13(11)10-5-3-4-6-12(10)15;/h3-6,9,16H,2,7-8H2,1H3,(H,17,20)(H,18,19);1H. The number of likely N-dealkylation sites (N-methyl/N-ethyl adjacent to an activating group) is 1. The number of amides is 1. The first-order chi connectivity index (χ1) is 9.74. The van der Waals surface area contributed by atoms with Crippen molar-refractivity contribution < 1.29 is 4.79 Å². The molecule has 0 radical (unpaired) electrons. The molecule has 1 amide bonds. The van der Waals surface area contributed by atoms with Gasteiger partial charge in [-0.1, -0.05) is 36.7 Å². The minimum Gasteiger partial charge on any atom is -0.351 e. The van der Waals surface area contributed by atoms with Crippen LogP contribution in [0, 0.1) is 0 Å². The fourth-order valence-electron chi connectivity index (χ4n) is 1.86. The van der Waals surface area contributed by atoms with Gasteiger partial charge in [-0.2, -0.15) is 5.10 Å². The van der Waals surface area contributed by atoms with Crippen molar-refractivity contribution in [2.24, 2.45) is 0 Å². The number of nitrogens with one attached hydrogen (secondary N) is 3. The minimum absolute atomic E-state index is 0. The molecule has 0 atom stereocenters. The lowest BCUT2D eigenvalue weighted by Crippen LogP contribution is -2.31. The van der Waals surface area contributed by atoms with Gasteiger partial charge in [-0.05, 0) is 12.6 Å². The fraction of sp³-hybridized carbons (Fsp3) is 0.286. The Labute approximate surface area is 134 Å². The van der Waals surface area contributed by atoms with Gasteiger partial charge in [0.15, 0.2) is 0 Å². The van der Waals surface area contributed by atoms with Crippen molar-refractivity contribution in [3.05, 3.63) is 41.0 Å². The van der Waals surface area contributed by atoms with E-state index in [1.807, 2.05) is 25.1 Å². The summed E-state index contributed by atoms with van der Waals surface area (Å²) in [6.07, 6.45) is 1.52. The van der Waals surface area contributed by atoms with Crippen LogP contribution in [-0.2, 0) is 0 Å². The lowest BCUT2D eigenvalue weighted by Gasteiger charge is -2.07. The minimum atomic E-state index is -0.161. The molecule has 0 bridgehead atoms. The first-order valence-corrected chi connectivity index (χ1v) is 6.89. The number of carbonyl (C=O) groups excluding carboxylic acids is 1. The maximum Gasteiger partial charge on any atom is 0.255 e. The van der Waals surface area contributed by atoms with E-state index in [9.17, 15) is 4.79 Å². The van der Waals surface area contributed by atoms with E-state index in [0.29, 0.717) is 22.8 Å². The first-order valence-electron chi connectivity index (χ1n) is 6.51. The highest BCUT2D eigenvalue weighted by molar-refractivity contribution is 6.33. The second-order valence-electron chi connectivity index (χ2n) is 4.25. The highest BCUT2D eigenvalue weighted by Gasteiger charge is 2.16. The molecule has 2 rings (SSSR count). The van der Waals surface area contributed by atoms with Gasteiger partial charge in [-0.25, -0.2) is 0 Å². The third-order valence-corrected chi connectivity index (χ3v) is 3.19. The molecule has 1 heterocycles. The van der Waals surface area contributed by atoms with Crippen LogP contribution in [0.3, 0.4) is 0 Å². The van der Waals surface area contributed by atoms with Crippen LogP contribution in [0.4, 0.5) is 0 Å². The van der Waals surface area contributed by atoms with Crippen molar-refractivity contribution in [1.29, 1.82) is 0 Å². The molecular weight excluding hydrogens is 311 g/mol. The second kappa shape index (κ2) is 8.67. The largest absolute Gasteiger partial charge is 0.351 e. The zero-order valence-corrected chi connectivity index (χ0v) is 13.2. The van der Waals surface area contributed by atoms with Crippen molar-refractivity contribution in [3.8, 4) is 11.3 Å². The molecule has 0 aliphatic heterocycles. The Kier molecular flexibility index (Phi) is 7.22. The van der Waals surface area contributed by atoms with Crippen LogP contribution in [0.2, 0.25) is 5.02 Å². The molecule has 1 aromatic heterocycles. The highest BCUT2D eigenvalue weighted by atomic mass is 35.5. The van der Waals surface area contributed by atoms with Gasteiger partial charge in [-0.3, -0.25) is 9.89 Å². The molecule has 0 aliphatic carbocycles. The average molecular weight is 329 g/mol. The van der Waals surface area contributed by atoms with E-state index in [0.717, 1.165) is 18.7 Å². The molecular formula is C14H18Cl2N4O. The molecule has 0 fully saturated rings. The molecule has 114 valence electrons. The van der Waals surface area contributed by atoms with Gasteiger partial charge in [-0.15, -0.1) is 12.4 Å². The molecule has 21 heavy (non-hydrogen) atoms. The Morgan fingerprint density at radius 3 is 2.81 bits per heavy atom. The Hall–Kier alpha value is -1.56. The number of carbonyl (C=O) groups is 1. The summed E-state index contributed by atoms with van der Waals surface area (Å²) in [6, 6.07) is 7.35. The first kappa shape index (κ1) is 17.5. The van der Waals surface area contributed by atoms with E-state index in [-0.39, 0.29) is 18.3 Å². The molecule has 7 heteroatoms. The lowest BCUT2D eigenvalue weighted by atomic mass is 10.1. The van der Waals surface area contributed by atoms with Gasteiger partial charge in [0.2, 0.25) is 0 Å². The van der Waals surface area contributed by atoms with E-state index in [1.165, 1.54) is 6.20 Å². The molecule has 0 spiro atoms. The number of aromatic nitrogens is 2. The summed E-state index contributed by atoms with van der Waals surface area (Å²) in [7, 11) is 0. The molecule has 0 unspecified atom stereocenters. The number of nitrogens with zero attached hydrogens (tertiary/aromatic N) is 1. The van der Waals surface area contributed by atoms with Crippen LogP contribution in [0.15, 0.2) is 30.5 Å². The number of hydrogen-bond donors (Lipinski definition) is 3. The Bertz CT molecular complexity index is 586. The molecule has 0 saturated heterocycles. The average Bonchev–Trinajstić information content (AvgIpc) is 2.93. The molecule has 0 aliphatic rings. The number of hydrogen-bond acceptors (Lipinski definition) is 3. The van der Waals surface area contributed by atoms with E-state index < -0.39 is 0 Å². The van der Waals surface area contributed by atoms with Gasteiger partial charge in [0.25, 0.3) is 5.91 Å². The predicted octanol–water partition coefficient (Wildman–Crippen LogP) is 2.49. The maximum absolute atomic E-state index is 12.1. The van der Waals surface area contributed by atoms with Gasteiger partial charge in [0.1, 0.15) is 0 Å².